The molecule has 1 saturated heterocycles. The molecule has 4 heteroatoms. The van der Waals surface area contributed by atoms with Crippen molar-refractivity contribution in [1.29, 1.82) is 0 Å². The molecule has 2 fully saturated rings. The first-order chi connectivity index (χ1) is 9.74. The first kappa shape index (κ1) is 13.6. The summed E-state index contributed by atoms with van der Waals surface area (Å²) in [6.45, 7) is 1.97. The van der Waals surface area contributed by atoms with Crippen molar-refractivity contribution in [1.82, 2.24) is 4.90 Å². The number of nitrogens with zero attached hydrogens (tertiary/aromatic N) is 1. The molecule has 20 heavy (non-hydrogen) atoms. The summed E-state index contributed by atoms with van der Waals surface area (Å²) < 4.78 is 18.3. The van der Waals surface area contributed by atoms with Crippen LogP contribution in [0.2, 0.25) is 0 Å². The Bertz CT molecular complexity index is 464. The molecule has 1 aliphatic carbocycles. The minimum atomic E-state index is -0.234. The van der Waals surface area contributed by atoms with Crippen LogP contribution in [0.4, 0.5) is 4.39 Å². The summed E-state index contributed by atoms with van der Waals surface area (Å²) in [6.07, 6.45) is 3.84. The first-order valence-corrected chi connectivity index (χ1v) is 7.37. The van der Waals surface area contributed by atoms with E-state index in [1.807, 2.05) is 4.90 Å². The number of hydrogen-bond donors (Lipinski definition) is 0. The summed E-state index contributed by atoms with van der Waals surface area (Å²) in [5.74, 6) is 0.118. The third-order valence-electron chi connectivity index (χ3n) is 4.11. The lowest BCUT2D eigenvalue weighted by molar-refractivity contribution is -0.139. The maximum atomic E-state index is 12.9. The zero-order chi connectivity index (χ0) is 13.9. The average Bonchev–Trinajstić information content (AvgIpc) is 3.31. The van der Waals surface area contributed by atoms with Crippen LogP contribution in [-0.2, 0) is 16.1 Å². The molecule has 108 valence electrons. The Balaban J connectivity index is 1.68. The van der Waals surface area contributed by atoms with E-state index in [9.17, 15) is 9.18 Å². The van der Waals surface area contributed by atoms with Crippen LogP contribution in [0, 0.1) is 11.7 Å². The smallest absolute Gasteiger partial charge is 0.226 e. The molecule has 2 aliphatic rings. The number of carbonyl (C=O) groups is 1. The van der Waals surface area contributed by atoms with Crippen LogP contribution in [0.1, 0.15) is 31.2 Å². The monoisotopic (exact) mass is 277 g/mol. The van der Waals surface area contributed by atoms with Crippen LogP contribution in [0.25, 0.3) is 0 Å². The van der Waals surface area contributed by atoms with Crippen LogP contribution in [0.5, 0.6) is 0 Å². The summed E-state index contributed by atoms with van der Waals surface area (Å²) in [6, 6.07) is 6.83. The molecule has 1 aromatic carbocycles. The molecule has 0 bridgehead atoms. The van der Waals surface area contributed by atoms with E-state index in [2.05, 4.69) is 0 Å². The second-order valence-electron chi connectivity index (χ2n) is 5.71. The summed E-state index contributed by atoms with van der Waals surface area (Å²) in [5.41, 5.74) is 0.999. The van der Waals surface area contributed by atoms with Crippen molar-refractivity contribution in [2.45, 2.75) is 38.3 Å². The molecule has 3 nitrogen and oxygen atoms in total. The van der Waals surface area contributed by atoms with Crippen molar-refractivity contribution in [2.24, 2.45) is 5.92 Å². The second-order valence-corrected chi connectivity index (χ2v) is 5.71. The quantitative estimate of drug-likeness (QED) is 0.847. The zero-order valence-corrected chi connectivity index (χ0v) is 11.6. The molecule has 0 N–H and O–H groups in total. The van der Waals surface area contributed by atoms with Gasteiger partial charge in [-0.3, -0.25) is 4.79 Å². The van der Waals surface area contributed by atoms with Gasteiger partial charge in [0, 0.05) is 31.7 Å². The van der Waals surface area contributed by atoms with Gasteiger partial charge >= 0.3 is 0 Å². The molecular weight excluding hydrogens is 257 g/mol. The largest absolute Gasteiger partial charge is 0.381 e. The molecule has 1 saturated carbocycles. The highest BCUT2D eigenvalue weighted by atomic mass is 19.1. The fraction of sp³-hybridized carbons (Fsp3) is 0.562. The predicted octanol–water partition coefficient (Wildman–Crippen LogP) is 2.74. The van der Waals surface area contributed by atoms with E-state index in [-0.39, 0.29) is 17.6 Å². The normalized spacial score (nSPS) is 19.9. The number of ether oxygens (including phenoxy) is 1. The van der Waals surface area contributed by atoms with Crippen molar-refractivity contribution >= 4 is 5.91 Å². The van der Waals surface area contributed by atoms with Gasteiger partial charge in [0.15, 0.2) is 0 Å². The van der Waals surface area contributed by atoms with Crippen molar-refractivity contribution < 1.29 is 13.9 Å². The third-order valence-corrected chi connectivity index (χ3v) is 4.11. The highest BCUT2D eigenvalue weighted by Crippen LogP contribution is 2.31. The Kier molecular flexibility index (Phi) is 4.01. The zero-order valence-electron chi connectivity index (χ0n) is 11.6. The van der Waals surface area contributed by atoms with E-state index < -0.39 is 0 Å². The molecule has 0 atom stereocenters. The van der Waals surface area contributed by atoms with Gasteiger partial charge in [0.25, 0.3) is 0 Å². The number of carbonyl (C=O) groups excluding carboxylic acids is 1. The summed E-state index contributed by atoms with van der Waals surface area (Å²) in [7, 11) is 0. The van der Waals surface area contributed by atoms with Gasteiger partial charge in [-0.05, 0) is 43.4 Å². The average molecular weight is 277 g/mol. The van der Waals surface area contributed by atoms with Crippen LogP contribution >= 0.6 is 0 Å². The van der Waals surface area contributed by atoms with E-state index in [1.54, 1.807) is 12.1 Å². The fourth-order valence-corrected chi connectivity index (χ4v) is 2.74. The van der Waals surface area contributed by atoms with Gasteiger partial charge in [-0.1, -0.05) is 12.1 Å². The Labute approximate surface area is 118 Å². The van der Waals surface area contributed by atoms with Crippen LogP contribution in [0.15, 0.2) is 24.3 Å². The lowest BCUT2D eigenvalue weighted by atomic mass is 9.98. The molecule has 0 spiro atoms. The van der Waals surface area contributed by atoms with Gasteiger partial charge in [-0.25, -0.2) is 4.39 Å². The Morgan fingerprint density at radius 3 is 2.40 bits per heavy atom. The fourth-order valence-electron chi connectivity index (χ4n) is 2.74. The molecule has 0 unspecified atom stereocenters. The summed E-state index contributed by atoms with van der Waals surface area (Å²) in [4.78, 5) is 14.6. The van der Waals surface area contributed by atoms with Crippen LogP contribution in [-0.4, -0.2) is 30.1 Å². The highest BCUT2D eigenvalue weighted by molar-refractivity contribution is 5.79. The molecule has 0 aromatic heterocycles. The number of halogens is 1. The first-order valence-electron chi connectivity index (χ1n) is 7.37. The number of benzene rings is 1. The van der Waals surface area contributed by atoms with Gasteiger partial charge < -0.3 is 9.64 Å². The maximum Gasteiger partial charge on any atom is 0.226 e. The summed E-state index contributed by atoms with van der Waals surface area (Å²) in [5, 5.41) is 0. The Morgan fingerprint density at radius 2 is 1.80 bits per heavy atom. The van der Waals surface area contributed by atoms with E-state index in [4.69, 9.17) is 4.74 Å². The molecule has 1 aliphatic heterocycles. The third kappa shape index (κ3) is 3.18. The lowest BCUT2D eigenvalue weighted by Crippen LogP contribution is -2.39. The highest BCUT2D eigenvalue weighted by Gasteiger charge is 2.36. The molecule has 1 amide bonds. The minimum absolute atomic E-state index is 0.102. The van der Waals surface area contributed by atoms with E-state index in [1.165, 1.54) is 12.1 Å². The van der Waals surface area contributed by atoms with Crippen molar-refractivity contribution in [3.05, 3.63) is 35.6 Å². The van der Waals surface area contributed by atoms with Crippen molar-refractivity contribution in [3.8, 4) is 0 Å². The predicted molar refractivity (Wildman–Crippen MR) is 73.5 cm³/mol. The second kappa shape index (κ2) is 5.92. The molecule has 1 aromatic rings. The summed E-state index contributed by atoms with van der Waals surface area (Å²) >= 11 is 0. The van der Waals surface area contributed by atoms with E-state index in [0.29, 0.717) is 25.8 Å². The van der Waals surface area contributed by atoms with Gasteiger partial charge in [0.2, 0.25) is 5.91 Å². The van der Waals surface area contributed by atoms with Gasteiger partial charge in [-0.15, -0.1) is 0 Å². The van der Waals surface area contributed by atoms with Gasteiger partial charge in [0.1, 0.15) is 5.82 Å². The van der Waals surface area contributed by atoms with Crippen molar-refractivity contribution in [2.75, 3.05) is 13.2 Å². The maximum absolute atomic E-state index is 12.9. The van der Waals surface area contributed by atoms with Crippen LogP contribution < -0.4 is 0 Å². The number of rotatable bonds is 4. The van der Waals surface area contributed by atoms with Crippen LogP contribution in [0.3, 0.4) is 0 Å². The molecule has 1 heterocycles. The Morgan fingerprint density at radius 1 is 1.15 bits per heavy atom. The molecular formula is C16H20FNO2. The standard InChI is InChI=1S/C16H20FNO2/c17-14-3-1-12(2-4-14)11-18(15-5-6-15)16(19)13-7-9-20-10-8-13/h1-4,13,15H,5-11H2. The lowest BCUT2D eigenvalue weighted by Gasteiger charge is -2.29. The van der Waals surface area contributed by atoms with E-state index >= 15 is 0 Å². The minimum Gasteiger partial charge on any atom is -0.381 e. The van der Waals surface area contributed by atoms with E-state index in [0.717, 1.165) is 31.2 Å². The topological polar surface area (TPSA) is 29.5 Å². The van der Waals surface area contributed by atoms with Gasteiger partial charge in [-0.2, -0.15) is 0 Å². The SMILES string of the molecule is O=C(C1CCOCC1)N(Cc1ccc(F)cc1)C1CC1. The Hall–Kier alpha value is -1.42. The number of amides is 1. The van der Waals surface area contributed by atoms with Crippen molar-refractivity contribution in [3.63, 3.8) is 0 Å². The number of hydrogen-bond acceptors (Lipinski definition) is 2. The molecule has 3 rings (SSSR count). The molecule has 0 radical (unpaired) electrons. The van der Waals surface area contributed by atoms with Gasteiger partial charge in [0.05, 0.1) is 0 Å².